The first-order chi connectivity index (χ1) is 16.5. The summed E-state index contributed by atoms with van der Waals surface area (Å²) in [5.74, 6) is 2.09. The average Bonchev–Trinajstić information content (AvgIpc) is 2.82. The quantitative estimate of drug-likeness (QED) is 0.513. The molecule has 1 saturated heterocycles. The molecule has 0 radical (unpaired) electrons. The summed E-state index contributed by atoms with van der Waals surface area (Å²) in [7, 11) is 0. The van der Waals surface area contributed by atoms with Gasteiger partial charge in [0.2, 0.25) is 0 Å². The standard InChI is InChI=1S/C16H14O3.C12H16FNO/c1-10-13-6-3-7-15(18)16(13)19-9-14(10)11-4-2-5-12(17)8-11;13-8-11-9-14(10-11)6-7-15-12-4-2-1-3-5-12/h2-8,17-18H,9H2,1H3;1-5,11H,6-10H2. The zero-order chi connectivity index (χ0) is 23.9. The Morgan fingerprint density at radius 2 is 1.76 bits per heavy atom. The Balaban J connectivity index is 0.000000166. The molecule has 3 aromatic carbocycles. The molecule has 5 nitrogen and oxygen atoms in total. The number of nitrogens with zero attached hydrogens (tertiary/aromatic N) is 1. The van der Waals surface area contributed by atoms with Crippen LogP contribution in [0.25, 0.3) is 11.1 Å². The molecule has 0 aliphatic carbocycles. The number of halogens is 1. The van der Waals surface area contributed by atoms with Gasteiger partial charge in [0.15, 0.2) is 11.5 Å². The van der Waals surface area contributed by atoms with Gasteiger partial charge in [-0.2, -0.15) is 0 Å². The summed E-state index contributed by atoms with van der Waals surface area (Å²) in [5.41, 5.74) is 3.91. The normalized spacial score (nSPS) is 15.5. The van der Waals surface area contributed by atoms with Gasteiger partial charge in [0.05, 0.1) is 6.67 Å². The molecule has 34 heavy (non-hydrogen) atoms. The number of benzene rings is 3. The van der Waals surface area contributed by atoms with Crippen LogP contribution in [-0.4, -0.2) is 54.6 Å². The van der Waals surface area contributed by atoms with Gasteiger partial charge in [-0.25, -0.2) is 0 Å². The van der Waals surface area contributed by atoms with Crippen LogP contribution in [0.15, 0.2) is 72.8 Å². The summed E-state index contributed by atoms with van der Waals surface area (Å²) in [5, 5.41) is 19.4. The summed E-state index contributed by atoms with van der Waals surface area (Å²) >= 11 is 0. The van der Waals surface area contributed by atoms with Crippen LogP contribution < -0.4 is 9.47 Å². The Bertz CT molecular complexity index is 1130. The van der Waals surface area contributed by atoms with Gasteiger partial charge in [-0.3, -0.25) is 9.29 Å². The SMILES string of the molecule is CC1=C(c2cccc(O)c2)COc2c(O)cccc21.FCC1CN(CCOc2ccccc2)C1. The summed E-state index contributed by atoms with van der Waals surface area (Å²) < 4.78 is 23.3. The van der Waals surface area contributed by atoms with E-state index in [0.717, 1.165) is 47.7 Å². The zero-order valence-electron chi connectivity index (χ0n) is 19.3. The van der Waals surface area contributed by atoms with Crippen molar-refractivity contribution in [2.24, 2.45) is 5.92 Å². The summed E-state index contributed by atoms with van der Waals surface area (Å²) in [6.07, 6.45) is 0. The molecule has 2 aliphatic rings. The van der Waals surface area contributed by atoms with Crippen LogP contribution in [0.3, 0.4) is 0 Å². The maximum atomic E-state index is 12.1. The van der Waals surface area contributed by atoms with Gasteiger partial charge in [0, 0.05) is 36.7 Å². The van der Waals surface area contributed by atoms with Gasteiger partial charge in [-0.15, -0.1) is 0 Å². The number of fused-ring (bicyclic) bond motifs is 1. The second kappa shape index (κ2) is 11.1. The Hall–Kier alpha value is -3.51. The van der Waals surface area contributed by atoms with Crippen LogP contribution in [0.2, 0.25) is 0 Å². The Kier molecular flexibility index (Phi) is 7.70. The Morgan fingerprint density at radius 1 is 1.00 bits per heavy atom. The molecule has 0 saturated carbocycles. The predicted molar refractivity (Wildman–Crippen MR) is 132 cm³/mol. The predicted octanol–water partition coefficient (Wildman–Crippen LogP) is 5.39. The van der Waals surface area contributed by atoms with Crippen LogP contribution >= 0.6 is 0 Å². The van der Waals surface area contributed by atoms with Crippen molar-refractivity contribution < 1.29 is 24.1 Å². The van der Waals surface area contributed by atoms with Crippen molar-refractivity contribution in [2.75, 3.05) is 39.5 Å². The van der Waals surface area contributed by atoms with E-state index in [4.69, 9.17) is 9.47 Å². The van der Waals surface area contributed by atoms with Crippen LogP contribution in [0.1, 0.15) is 18.1 Å². The third kappa shape index (κ3) is 5.69. The van der Waals surface area contributed by atoms with Gasteiger partial charge >= 0.3 is 0 Å². The van der Waals surface area contributed by atoms with Crippen LogP contribution in [0.4, 0.5) is 4.39 Å². The van der Waals surface area contributed by atoms with Crippen LogP contribution in [0, 0.1) is 5.92 Å². The minimum Gasteiger partial charge on any atom is -0.508 e. The first kappa shape index (κ1) is 23.6. The average molecular weight is 464 g/mol. The fourth-order valence-electron chi connectivity index (χ4n) is 4.15. The summed E-state index contributed by atoms with van der Waals surface area (Å²) in [4.78, 5) is 2.22. The van der Waals surface area contributed by atoms with E-state index in [-0.39, 0.29) is 24.1 Å². The van der Waals surface area contributed by atoms with Crippen molar-refractivity contribution in [1.82, 2.24) is 4.90 Å². The van der Waals surface area contributed by atoms with E-state index < -0.39 is 0 Å². The van der Waals surface area contributed by atoms with Gasteiger partial charge in [0.1, 0.15) is 24.7 Å². The number of hydrogen-bond acceptors (Lipinski definition) is 5. The van der Waals surface area contributed by atoms with Gasteiger partial charge in [0.25, 0.3) is 0 Å². The van der Waals surface area contributed by atoms with Crippen molar-refractivity contribution >= 4 is 11.1 Å². The van der Waals surface area contributed by atoms with E-state index >= 15 is 0 Å². The molecular formula is C28H30FNO4. The van der Waals surface area contributed by atoms with Crippen molar-refractivity contribution in [3.8, 4) is 23.0 Å². The third-order valence-electron chi connectivity index (χ3n) is 6.08. The van der Waals surface area contributed by atoms with Crippen molar-refractivity contribution in [2.45, 2.75) is 6.92 Å². The Labute approximate surface area is 199 Å². The minimum atomic E-state index is -0.184. The molecule has 2 aliphatic heterocycles. The van der Waals surface area contributed by atoms with Gasteiger partial charge in [-0.05, 0) is 48.4 Å². The first-order valence-electron chi connectivity index (χ1n) is 11.5. The molecule has 2 heterocycles. The number of aromatic hydroxyl groups is 2. The lowest BCUT2D eigenvalue weighted by Gasteiger charge is -2.37. The number of likely N-dealkylation sites (tertiary alicyclic amines) is 1. The fourth-order valence-corrected chi connectivity index (χ4v) is 4.15. The molecule has 1 fully saturated rings. The van der Waals surface area contributed by atoms with E-state index in [0.29, 0.717) is 19.0 Å². The van der Waals surface area contributed by atoms with Gasteiger partial charge in [-0.1, -0.05) is 42.5 Å². The maximum absolute atomic E-state index is 12.1. The zero-order valence-corrected chi connectivity index (χ0v) is 19.3. The molecule has 3 aromatic rings. The number of hydrogen-bond donors (Lipinski definition) is 2. The second-order valence-electron chi connectivity index (χ2n) is 8.54. The maximum Gasteiger partial charge on any atom is 0.168 e. The van der Waals surface area contributed by atoms with E-state index in [1.807, 2.05) is 55.5 Å². The van der Waals surface area contributed by atoms with Gasteiger partial charge < -0.3 is 19.7 Å². The molecule has 178 valence electrons. The number of para-hydroxylation sites is 2. The topological polar surface area (TPSA) is 62.2 Å². The van der Waals surface area contributed by atoms with Crippen molar-refractivity contribution in [3.63, 3.8) is 0 Å². The van der Waals surface area contributed by atoms with Crippen LogP contribution in [0.5, 0.6) is 23.0 Å². The molecule has 0 spiro atoms. The monoisotopic (exact) mass is 463 g/mol. The molecule has 0 aromatic heterocycles. The third-order valence-corrected chi connectivity index (χ3v) is 6.08. The highest BCUT2D eigenvalue weighted by molar-refractivity contribution is 5.94. The molecule has 0 amide bonds. The van der Waals surface area contributed by atoms with Crippen molar-refractivity contribution in [1.29, 1.82) is 0 Å². The molecule has 5 rings (SSSR count). The second-order valence-corrected chi connectivity index (χ2v) is 8.54. The highest BCUT2D eigenvalue weighted by Crippen LogP contribution is 2.41. The fraction of sp³-hybridized carbons (Fsp3) is 0.286. The van der Waals surface area contributed by atoms with E-state index in [1.165, 1.54) is 0 Å². The number of rotatable bonds is 6. The smallest absolute Gasteiger partial charge is 0.168 e. The number of ether oxygens (including phenoxy) is 2. The molecule has 0 atom stereocenters. The molecule has 2 N–H and O–H groups in total. The lowest BCUT2D eigenvalue weighted by Crippen LogP contribution is -2.49. The van der Waals surface area contributed by atoms with E-state index in [9.17, 15) is 14.6 Å². The largest absolute Gasteiger partial charge is 0.508 e. The van der Waals surface area contributed by atoms with E-state index in [2.05, 4.69) is 4.90 Å². The molecule has 0 bridgehead atoms. The highest BCUT2D eigenvalue weighted by atomic mass is 19.1. The van der Waals surface area contributed by atoms with Crippen molar-refractivity contribution in [3.05, 3.63) is 83.9 Å². The summed E-state index contributed by atoms with van der Waals surface area (Å²) in [6.45, 7) is 5.55. The molecular weight excluding hydrogens is 433 g/mol. The summed E-state index contributed by atoms with van der Waals surface area (Å²) in [6, 6.07) is 22.2. The molecule has 6 heteroatoms. The molecule has 0 unspecified atom stereocenters. The number of allylic oxidation sites excluding steroid dienone is 1. The number of phenols is 2. The Morgan fingerprint density at radius 3 is 2.50 bits per heavy atom. The number of phenolic OH excluding ortho intramolecular Hbond substituents is 2. The van der Waals surface area contributed by atoms with E-state index in [1.54, 1.807) is 24.3 Å². The lowest BCUT2D eigenvalue weighted by atomic mass is 9.93. The first-order valence-corrected chi connectivity index (χ1v) is 11.5. The minimum absolute atomic E-state index is 0.159. The highest BCUT2D eigenvalue weighted by Gasteiger charge is 2.25. The lowest BCUT2D eigenvalue weighted by molar-refractivity contribution is 0.0668. The van der Waals surface area contributed by atoms with Crippen LogP contribution in [-0.2, 0) is 0 Å². The number of alkyl halides is 1.